The summed E-state index contributed by atoms with van der Waals surface area (Å²) in [5, 5.41) is 6.55. The van der Waals surface area contributed by atoms with Crippen molar-refractivity contribution in [2.75, 3.05) is 13.1 Å². The van der Waals surface area contributed by atoms with Crippen LogP contribution in [0.25, 0.3) is 0 Å². The van der Waals surface area contributed by atoms with E-state index in [-0.39, 0.29) is 0 Å². The monoisotopic (exact) mass is 199 g/mol. The highest BCUT2D eigenvalue weighted by Crippen LogP contribution is 2.07. The van der Waals surface area contributed by atoms with Crippen LogP contribution in [0.2, 0.25) is 0 Å². The van der Waals surface area contributed by atoms with Gasteiger partial charge in [-0.3, -0.25) is 0 Å². The van der Waals surface area contributed by atoms with Gasteiger partial charge in [-0.15, -0.1) is 11.3 Å². The molecule has 0 fully saturated rings. The topological polar surface area (TPSA) is 50.9 Å². The van der Waals surface area contributed by atoms with Crippen molar-refractivity contribution < 1.29 is 0 Å². The van der Waals surface area contributed by atoms with Crippen LogP contribution in [0.1, 0.15) is 17.6 Å². The first kappa shape index (κ1) is 10.6. The van der Waals surface area contributed by atoms with Gasteiger partial charge in [0.25, 0.3) is 0 Å². The Morgan fingerprint density at radius 2 is 2.46 bits per heavy atom. The van der Waals surface area contributed by atoms with Crippen molar-refractivity contribution in [1.29, 1.82) is 0 Å². The molecule has 1 unspecified atom stereocenters. The molecular formula is C9H17N3S. The lowest BCUT2D eigenvalue weighted by Crippen LogP contribution is -2.25. The highest BCUT2D eigenvalue weighted by atomic mass is 32.1. The van der Waals surface area contributed by atoms with Crippen molar-refractivity contribution in [1.82, 2.24) is 10.3 Å². The minimum atomic E-state index is 0.541. The van der Waals surface area contributed by atoms with Gasteiger partial charge < -0.3 is 11.1 Å². The van der Waals surface area contributed by atoms with Gasteiger partial charge in [0, 0.05) is 11.9 Å². The van der Waals surface area contributed by atoms with E-state index in [0.717, 1.165) is 30.3 Å². The van der Waals surface area contributed by atoms with Gasteiger partial charge in [0.05, 0.1) is 10.7 Å². The van der Waals surface area contributed by atoms with E-state index in [2.05, 4.69) is 22.6 Å². The second kappa shape index (κ2) is 5.32. The zero-order valence-electron chi connectivity index (χ0n) is 8.21. The van der Waals surface area contributed by atoms with Crippen molar-refractivity contribution in [3.8, 4) is 0 Å². The molecule has 0 aromatic carbocycles. The number of nitrogens with zero attached hydrogens (tertiary/aromatic N) is 1. The Labute approximate surface area is 83.4 Å². The summed E-state index contributed by atoms with van der Waals surface area (Å²) in [6.07, 6.45) is 0. The molecule has 0 bridgehead atoms. The van der Waals surface area contributed by atoms with E-state index in [4.69, 9.17) is 5.73 Å². The van der Waals surface area contributed by atoms with Crippen molar-refractivity contribution in [2.24, 2.45) is 11.7 Å². The zero-order chi connectivity index (χ0) is 9.68. The van der Waals surface area contributed by atoms with Crippen molar-refractivity contribution in [3.05, 3.63) is 16.1 Å². The summed E-state index contributed by atoms with van der Waals surface area (Å²) in [7, 11) is 0. The number of hydrogen-bond acceptors (Lipinski definition) is 4. The fourth-order valence-corrected chi connectivity index (χ4v) is 1.63. The maximum absolute atomic E-state index is 5.50. The molecule has 0 amide bonds. The third-order valence-electron chi connectivity index (χ3n) is 1.87. The molecule has 0 saturated heterocycles. The minimum Gasteiger partial charge on any atom is -0.330 e. The molecule has 0 aliphatic carbocycles. The number of aromatic nitrogens is 1. The summed E-state index contributed by atoms with van der Waals surface area (Å²) in [4.78, 5) is 4.36. The summed E-state index contributed by atoms with van der Waals surface area (Å²) >= 11 is 1.69. The largest absolute Gasteiger partial charge is 0.330 e. The van der Waals surface area contributed by atoms with Crippen molar-refractivity contribution >= 4 is 11.3 Å². The third kappa shape index (κ3) is 3.85. The summed E-state index contributed by atoms with van der Waals surface area (Å²) in [6.45, 7) is 6.72. The van der Waals surface area contributed by atoms with Gasteiger partial charge in [0.1, 0.15) is 0 Å². The Hall–Kier alpha value is -0.450. The first-order chi connectivity index (χ1) is 6.22. The van der Waals surface area contributed by atoms with Crippen LogP contribution >= 0.6 is 11.3 Å². The molecule has 0 aliphatic heterocycles. The molecule has 0 radical (unpaired) electrons. The van der Waals surface area contributed by atoms with Crippen molar-refractivity contribution in [2.45, 2.75) is 20.4 Å². The van der Waals surface area contributed by atoms with Crippen LogP contribution in [0.5, 0.6) is 0 Å². The van der Waals surface area contributed by atoms with E-state index < -0.39 is 0 Å². The fraction of sp³-hybridized carbons (Fsp3) is 0.667. The molecule has 1 aromatic rings. The molecule has 1 heterocycles. The second-order valence-electron chi connectivity index (χ2n) is 3.33. The second-order valence-corrected chi connectivity index (χ2v) is 4.39. The van der Waals surface area contributed by atoms with Gasteiger partial charge in [-0.05, 0) is 25.9 Å². The van der Waals surface area contributed by atoms with Gasteiger partial charge in [-0.25, -0.2) is 4.98 Å². The number of thiazole rings is 1. The zero-order valence-corrected chi connectivity index (χ0v) is 9.03. The average molecular weight is 199 g/mol. The molecule has 3 nitrogen and oxygen atoms in total. The number of aryl methyl sites for hydroxylation is 1. The summed E-state index contributed by atoms with van der Waals surface area (Å²) in [6, 6.07) is 0. The van der Waals surface area contributed by atoms with Crippen molar-refractivity contribution in [3.63, 3.8) is 0 Å². The predicted molar refractivity (Wildman–Crippen MR) is 56.8 cm³/mol. The Morgan fingerprint density at radius 1 is 1.69 bits per heavy atom. The highest BCUT2D eigenvalue weighted by molar-refractivity contribution is 7.09. The molecule has 74 valence electrons. The van der Waals surface area contributed by atoms with Crippen LogP contribution in [0.4, 0.5) is 0 Å². The van der Waals surface area contributed by atoms with Crippen LogP contribution in [0, 0.1) is 12.8 Å². The number of nitrogens with one attached hydrogen (secondary N) is 1. The van der Waals surface area contributed by atoms with E-state index in [1.807, 2.05) is 6.92 Å². The van der Waals surface area contributed by atoms with Crippen LogP contribution in [0.15, 0.2) is 5.38 Å². The smallest absolute Gasteiger partial charge is 0.0897 e. The quantitative estimate of drug-likeness (QED) is 0.747. The Bertz CT molecular complexity index is 247. The molecule has 1 rings (SSSR count). The van der Waals surface area contributed by atoms with E-state index in [1.165, 1.54) is 0 Å². The summed E-state index contributed by atoms with van der Waals surface area (Å²) < 4.78 is 0. The standard InChI is InChI=1S/C9H17N3S/c1-7(3-10)4-11-5-9-6-13-8(2)12-9/h6-7,11H,3-5,10H2,1-2H3. The molecule has 1 atom stereocenters. The maximum Gasteiger partial charge on any atom is 0.0897 e. The van der Waals surface area contributed by atoms with Crippen LogP contribution in [-0.4, -0.2) is 18.1 Å². The lowest BCUT2D eigenvalue weighted by molar-refractivity contribution is 0.519. The highest BCUT2D eigenvalue weighted by Gasteiger charge is 2.00. The molecule has 13 heavy (non-hydrogen) atoms. The SMILES string of the molecule is Cc1nc(CNCC(C)CN)cs1. The number of nitrogens with two attached hydrogens (primary N) is 1. The van der Waals surface area contributed by atoms with Gasteiger partial charge in [0.2, 0.25) is 0 Å². The number of hydrogen-bond donors (Lipinski definition) is 2. The lowest BCUT2D eigenvalue weighted by atomic mass is 10.2. The Morgan fingerprint density at radius 3 is 3.00 bits per heavy atom. The van der Waals surface area contributed by atoms with E-state index in [1.54, 1.807) is 11.3 Å². The Kier molecular flexibility index (Phi) is 4.35. The average Bonchev–Trinajstić information content (AvgIpc) is 2.51. The first-order valence-corrected chi connectivity index (χ1v) is 5.42. The van der Waals surface area contributed by atoms with Crippen LogP contribution < -0.4 is 11.1 Å². The molecule has 0 spiro atoms. The number of rotatable bonds is 5. The van der Waals surface area contributed by atoms with Gasteiger partial charge in [-0.2, -0.15) is 0 Å². The first-order valence-electron chi connectivity index (χ1n) is 4.54. The van der Waals surface area contributed by atoms with Gasteiger partial charge in [0.15, 0.2) is 0 Å². The van der Waals surface area contributed by atoms with E-state index in [9.17, 15) is 0 Å². The fourth-order valence-electron chi connectivity index (χ4n) is 1.02. The maximum atomic E-state index is 5.50. The molecule has 4 heteroatoms. The van der Waals surface area contributed by atoms with E-state index >= 15 is 0 Å². The molecule has 0 saturated carbocycles. The van der Waals surface area contributed by atoms with Crippen LogP contribution in [-0.2, 0) is 6.54 Å². The van der Waals surface area contributed by atoms with Gasteiger partial charge in [-0.1, -0.05) is 6.92 Å². The summed E-state index contributed by atoms with van der Waals surface area (Å²) in [5.41, 5.74) is 6.63. The molecule has 0 aliphatic rings. The molecule has 1 aromatic heterocycles. The molecular weight excluding hydrogens is 182 g/mol. The minimum absolute atomic E-state index is 0.541. The third-order valence-corrected chi connectivity index (χ3v) is 2.69. The van der Waals surface area contributed by atoms with Gasteiger partial charge >= 0.3 is 0 Å². The normalized spacial score (nSPS) is 13.2. The van der Waals surface area contributed by atoms with E-state index in [0.29, 0.717) is 5.92 Å². The molecule has 3 N–H and O–H groups in total. The Balaban J connectivity index is 2.20. The summed E-state index contributed by atoms with van der Waals surface area (Å²) in [5.74, 6) is 0.541. The predicted octanol–water partition coefficient (Wildman–Crippen LogP) is 1.14. The van der Waals surface area contributed by atoms with Crippen LogP contribution in [0.3, 0.4) is 0 Å². The lowest BCUT2D eigenvalue weighted by Gasteiger charge is -2.08.